The first-order valence-electron chi connectivity index (χ1n) is 10.8. The Balaban J connectivity index is 1.51. The van der Waals surface area contributed by atoms with E-state index in [1.165, 1.54) is 16.5 Å². The van der Waals surface area contributed by atoms with Crippen molar-refractivity contribution >= 4 is 16.8 Å². The van der Waals surface area contributed by atoms with Gasteiger partial charge in [0.1, 0.15) is 0 Å². The summed E-state index contributed by atoms with van der Waals surface area (Å²) in [7, 11) is 2.18. The number of rotatable bonds is 3. The average molecular weight is 380 g/mol. The van der Waals surface area contributed by atoms with E-state index in [9.17, 15) is 4.79 Å². The Morgan fingerprint density at radius 2 is 1.96 bits per heavy atom. The summed E-state index contributed by atoms with van der Waals surface area (Å²) in [5, 5.41) is 1.25. The number of amides is 1. The fraction of sp³-hybridized carbons (Fsp3) is 0.583. The van der Waals surface area contributed by atoms with Gasteiger partial charge in [0.2, 0.25) is 5.91 Å². The van der Waals surface area contributed by atoms with Crippen molar-refractivity contribution in [3.63, 3.8) is 0 Å². The molecule has 0 unspecified atom stereocenters. The fourth-order valence-electron chi connectivity index (χ4n) is 5.11. The van der Waals surface area contributed by atoms with Crippen LogP contribution in [0.5, 0.6) is 0 Å². The molecule has 2 aliphatic heterocycles. The summed E-state index contributed by atoms with van der Waals surface area (Å²) in [6.45, 7) is 8.42. The van der Waals surface area contributed by atoms with Crippen LogP contribution in [0.2, 0.25) is 0 Å². The molecule has 4 rings (SSSR count). The van der Waals surface area contributed by atoms with Gasteiger partial charge in [-0.25, -0.2) is 0 Å². The molecule has 1 aromatic heterocycles. The lowest BCUT2D eigenvalue weighted by Crippen LogP contribution is -2.43. The van der Waals surface area contributed by atoms with E-state index < -0.39 is 0 Å². The highest BCUT2D eigenvalue weighted by atomic mass is 16.2. The molecule has 2 fully saturated rings. The molecule has 1 aromatic carbocycles. The highest BCUT2D eigenvalue weighted by Crippen LogP contribution is 2.35. The zero-order valence-electron chi connectivity index (χ0n) is 17.5. The maximum Gasteiger partial charge on any atom is 0.222 e. The number of pyridine rings is 1. The van der Waals surface area contributed by atoms with Crippen LogP contribution in [0.3, 0.4) is 0 Å². The second kappa shape index (κ2) is 8.20. The molecule has 0 bridgehead atoms. The second-order valence-electron chi connectivity index (χ2n) is 9.16. The van der Waals surface area contributed by atoms with E-state index in [2.05, 4.69) is 53.9 Å². The van der Waals surface area contributed by atoms with Crippen molar-refractivity contribution in [1.82, 2.24) is 14.8 Å². The fourth-order valence-corrected chi connectivity index (χ4v) is 5.11. The van der Waals surface area contributed by atoms with Gasteiger partial charge in [-0.1, -0.05) is 25.1 Å². The third-order valence-corrected chi connectivity index (χ3v) is 6.76. The van der Waals surface area contributed by atoms with Crippen LogP contribution in [0, 0.1) is 18.8 Å². The van der Waals surface area contributed by atoms with Crippen molar-refractivity contribution in [2.45, 2.75) is 45.4 Å². The van der Waals surface area contributed by atoms with Gasteiger partial charge in [-0.2, -0.15) is 0 Å². The van der Waals surface area contributed by atoms with Crippen molar-refractivity contribution < 1.29 is 4.79 Å². The molecular formula is C24H33N3O. The lowest BCUT2D eigenvalue weighted by molar-refractivity contribution is -0.134. The Bertz CT molecular complexity index is 841. The largest absolute Gasteiger partial charge is 0.342 e. The van der Waals surface area contributed by atoms with Crippen LogP contribution in [0.15, 0.2) is 30.5 Å². The lowest BCUT2D eigenvalue weighted by Gasteiger charge is -2.38. The zero-order chi connectivity index (χ0) is 19.7. The minimum absolute atomic E-state index is 0.362. The molecule has 1 amide bonds. The van der Waals surface area contributed by atoms with E-state index in [0.29, 0.717) is 23.7 Å². The molecule has 2 saturated heterocycles. The van der Waals surface area contributed by atoms with E-state index in [-0.39, 0.29) is 0 Å². The number of likely N-dealkylation sites (tertiary alicyclic amines) is 2. The van der Waals surface area contributed by atoms with E-state index in [4.69, 9.17) is 0 Å². The topological polar surface area (TPSA) is 36.4 Å². The average Bonchev–Trinajstić information content (AvgIpc) is 2.70. The van der Waals surface area contributed by atoms with Crippen molar-refractivity contribution in [3.8, 4) is 0 Å². The number of hydrogen-bond acceptors (Lipinski definition) is 3. The standard InChI is InChI=1S/C24H33N3O/c1-17-13-20(21-7-6-18(2)24-22(21)5-4-10-25-24)16-27(15-17)23(28)14-19-8-11-26(3)12-9-19/h4-7,10,17,19-20H,8-9,11-16H2,1-3H3/t17-,20+/m1/s1. The number of aromatic nitrogens is 1. The highest BCUT2D eigenvalue weighted by Gasteiger charge is 2.31. The number of aryl methyl sites for hydroxylation is 1. The first-order chi connectivity index (χ1) is 13.5. The summed E-state index contributed by atoms with van der Waals surface area (Å²) in [5.41, 5.74) is 3.68. The van der Waals surface area contributed by atoms with Crippen LogP contribution in [0.4, 0.5) is 0 Å². The number of carbonyl (C=O) groups excluding carboxylic acids is 1. The molecule has 0 spiro atoms. The summed E-state index contributed by atoms with van der Waals surface area (Å²) in [5.74, 6) is 1.86. The zero-order valence-corrected chi connectivity index (χ0v) is 17.5. The molecule has 0 N–H and O–H groups in total. The number of hydrogen-bond donors (Lipinski definition) is 0. The van der Waals surface area contributed by atoms with Crippen LogP contribution in [-0.2, 0) is 4.79 Å². The van der Waals surface area contributed by atoms with Crippen molar-refractivity contribution in [3.05, 3.63) is 41.6 Å². The molecule has 0 aliphatic carbocycles. The van der Waals surface area contributed by atoms with Crippen LogP contribution in [0.25, 0.3) is 10.9 Å². The molecule has 28 heavy (non-hydrogen) atoms. The minimum Gasteiger partial charge on any atom is -0.342 e. The van der Waals surface area contributed by atoms with E-state index >= 15 is 0 Å². The van der Waals surface area contributed by atoms with Gasteiger partial charge in [0, 0.05) is 37.0 Å². The Kier molecular flexibility index (Phi) is 5.68. The number of benzene rings is 1. The number of nitrogens with zero attached hydrogens (tertiary/aromatic N) is 3. The third-order valence-electron chi connectivity index (χ3n) is 6.76. The van der Waals surface area contributed by atoms with Gasteiger partial charge in [0.15, 0.2) is 0 Å². The Labute approximate surface area is 168 Å². The van der Waals surface area contributed by atoms with E-state index in [0.717, 1.165) is 57.4 Å². The molecule has 0 saturated carbocycles. The summed E-state index contributed by atoms with van der Waals surface area (Å²) in [6, 6.07) is 8.67. The number of piperidine rings is 2. The summed E-state index contributed by atoms with van der Waals surface area (Å²) >= 11 is 0. The molecule has 2 atom stereocenters. The van der Waals surface area contributed by atoms with Gasteiger partial charge >= 0.3 is 0 Å². The molecular weight excluding hydrogens is 346 g/mol. The molecule has 2 aromatic rings. The maximum atomic E-state index is 13.1. The predicted octanol–water partition coefficient (Wildman–Crippen LogP) is 4.23. The summed E-state index contributed by atoms with van der Waals surface area (Å²) in [4.78, 5) is 22.2. The lowest BCUT2D eigenvalue weighted by atomic mass is 9.83. The van der Waals surface area contributed by atoms with Crippen LogP contribution in [-0.4, -0.2) is 53.9 Å². The van der Waals surface area contributed by atoms with E-state index in [1.54, 1.807) is 0 Å². The van der Waals surface area contributed by atoms with Gasteiger partial charge in [-0.05, 0) is 75.4 Å². The van der Waals surface area contributed by atoms with Gasteiger partial charge in [-0.3, -0.25) is 9.78 Å². The smallest absolute Gasteiger partial charge is 0.222 e. The molecule has 4 nitrogen and oxygen atoms in total. The Morgan fingerprint density at radius 3 is 2.75 bits per heavy atom. The summed E-state index contributed by atoms with van der Waals surface area (Å²) in [6.07, 6.45) is 6.06. The Hall–Kier alpha value is -1.94. The second-order valence-corrected chi connectivity index (χ2v) is 9.16. The Morgan fingerprint density at radius 1 is 1.18 bits per heavy atom. The van der Waals surface area contributed by atoms with Gasteiger partial charge in [0.25, 0.3) is 0 Å². The molecule has 2 aliphatic rings. The SMILES string of the molecule is Cc1ccc([C@H]2C[C@@H](C)CN(C(=O)CC3CCN(C)CC3)C2)c2cccnc12. The number of carbonyl (C=O) groups is 1. The normalized spacial score (nSPS) is 24.6. The third kappa shape index (κ3) is 4.07. The van der Waals surface area contributed by atoms with Gasteiger partial charge in [-0.15, -0.1) is 0 Å². The monoisotopic (exact) mass is 379 g/mol. The molecule has 150 valence electrons. The van der Waals surface area contributed by atoms with Crippen molar-refractivity contribution in [1.29, 1.82) is 0 Å². The van der Waals surface area contributed by atoms with Crippen molar-refractivity contribution in [2.75, 3.05) is 33.2 Å². The number of fused-ring (bicyclic) bond motifs is 1. The first-order valence-corrected chi connectivity index (χ1v) is 10.8. The quantitative estimate of drug-likeness (QED) is 0.801. The summed E-state index contributed by atoms with van der Waals surface area (Å²) < 4.78 is 0. The first kappa shape index (κ1) is 19.4. The van der Waals surface area contributed by atoms with Crippen molar-refractivity contribution in [2.24, 2.45) is 11.8 Å². The molecule has 3 heterocycles. The van der Waals surface area contributed by atoms with Gasteiger partial charge in [0.05, 0.1) is 5.52 Å². The van der Waals surface area contributed by atoms with Crippen LogP contribution in [0.1, 0.15) is 49.7 Å². The van der Waals surface area contributed by atoms with E-state index in [1.807, 2.05) is 12.3 Å². The van der Waals surface area contributed by atoms with Crippen LogP contribution >= 0.6 is 0 Å². The minimum atomic E-state index is 0.362. The highest BCUT2D eigenvalue weighted by molar-refractivity contribution is 5.85. The van der Waals surface area contributed by atoms with Gasteiger partial charge < -0.3 is 9.80 Å². The predicted molar refractivity (Wildman–Crippen MR) is 114 cm³/mol. The van der Waals surface area contributed by atoms with Crippen LogP contribution < -0.4 is 0 Å². The molecule has 4 heteroatoms. The maximum absolute atomic E-state index is 13.1. The molecule has 0 radical (unpaired) electrons.